The summed E-state index contributed by atoms with van der Waals surface area (Å²) < 4.78 is 45.7. The van der Waals surface area contributed by atoms with Crippen LogP contribution in [0.4, 0.5) is 18.9 Å². The van der Waals surface area contributed by atoms with Crippen LogP contribution in [-0.2, 0) is 27.9 Å². The first-order valence-electron chi connectivity index (χ1n) is 16.8. The first kappa shape index (κ1) is 35.6. The van der Waals surface area contributed by atoms with Crippen molar-refractivity contribution >= 4 is 53.0 Å². The van der Waals surface area contributed by atoms with E-state index in [4.69, 9.17) is 9.40 Å². The molecule has 2 aromatic heterocycles. The highest BCUT2D eigenvalue weighted by Crippen LogP contribution is 2.40. The summed E-state index contributed by atoms with van der Waals surface area (Å²) in [6.45, 7) is 5.06. The lowest BCUT2D eigenvalue weighted by atomic mass is 9.95. The largest absolute Gasteiger partial charge is 0.440 e. The van der Waals surface area contributed by atoms with Gasteiger partial charge < -0.3 is 19.7 Å². The van der Waals surface area contributed by atoms with Crippen LogP contribution in [0.1, 0.15) is 99.9 Å². The second kappa shape index (κ2) is 13.3. The predicted molar refractivity (Wildman–Crippen MR) is 184 cm³/mol. The molecule has 0 radical (unpaired) electrons. The van der Waals surface area contributed by atoms with Crippen LogP contribution in [0.25, 0.3) is 11.1 Å². The van der Waals surface area contributed by atoms with Gasteiger partial charge in [-0.05, 0) is 81.6 Å². The number of carbonyl (C=O) groups excluding carboxylic acids is 4. The number of fused-ring (bicyclic) bond motifs is 2. The monoisotopic (exact) mass is 736 g/mol. The van der Waals surface area contributed by atoms with Gasteiger partial charge in [0, 0.05) is 36.1 Å². The highest BCUT2D eigenvalue weighted by Gasteiger charge is 2.44. The summed E-state index contributed by atoms with van der Waals surface area (Å²) in [7, 11) is 0. The van der Waals surface area contributed by atoms with Gasteiger partial charge in [0.25, 0.3) is 11.8 Å². The number of pyridine rings is 1. The van der Waals surface area contributed by atoms with Crippen LogP contribution in [0.3, 0.4) is 0 Å². The van der Waals surface area contributed by atoms with Crippen molar-refractivity contribution in [3.05, 3.63) is 88.1 Å². The van der Waals surface area contributed by atoms with Gasteiger partial charge in [0.1, 0.15) is 28.3 Å². The predicted octanol–water partition coefficient (Wildman–Crippen LogP) is 5.29. The third-order valence-corrected chi connectivity index (χ3v) is 10.3. The molecule has 272 valence electrons. The first-order chi connectivity index (χ1) is 24.6. The Morgan fingerprint density at radius 3 is 2.50 bits per heavy atom. The highest BCUT2D eigenvalue weighted by molar-refractivity contribution is 7.80. The number of thiol groups is 1. The molecule has 16 heteroatoms. The number of benzene rings is 2. The van der Waals surface area contributed by atoms with E-state index in [2.05, 4.69) is 33.1 Å². The number of imide groups is 1. The lowest BCUT2D eigenvalue weighted by Crippen LogP contribution is -2.53. The minimum atomic E-state index is -4.72. The minimum Gasteiger partial charge on any atom is -0.440 e. The van der Waals surface area contributed by atoms with Crippen LogP contribution in [0, 0.1) is 0 Å². The zero-order chi connectivity index (χ0) is 37.1. The fraction of sp³-hybridized carbons (Fsp3) is 0.389. The van der Waals surface area contributed by atoms with Crippen LogP contribution >= 0.6 is 12.6 Å². The number of piperidine rings is 2. The van der Waals surface area contributed by atoms with Crippen molar-refractivity contribution in [1.29, 1.82) is 0 Å². The van der Waals surface area contributed by atoms with Gasteiger partial charge in [0.2, 0.25) is 11.8 Å². The molecule has 2 aromatic carbocycles. The summed E-state index contributed by atoms with van der Waals surface area (Å²) in [4.78, 5) is 62.4. The van der Waals surface area contributed by atoms with Crippen molar-refractivity contribution in [3.63, 3.8) is 0 Å². The number of aromatic nitrogens is 2. The number of aliphatic hydroxyl groups is 1. The zero-order valence-corrected chi connectivity index (χ0v) is 29.1. The lowest BCUT2D eigenvalue weighted by molar-refractivity contribution is -0.141. The summed E-state index contributed by atoms with van der Waals surface area (Å²) in [6, 6.07) is 11.1. The normalized spacial score (nSPS) is 20.4. The Hall–Kier alpha value is -4.80. The molecule has 2 saturated heterocycles. The number of oxazole rings is 1. The van der Waals surface area contributed by atoms with Gasteiger partial charge in [-0.25, -0.2) is 9.97 Å². The van der Waals surface area contributed by atoms with Gasteiger partial charge in [-0.1, -0.05) is 18.2 Å². The van der Waals surface area contributed by atoms with Crippen molar-refractivity contribution in [1.82, 2.24) is 25.1 Å². The molecule has 4 aromatic rings. The van der Waals surface area contributed by atoms with Gasteiger partial charge in [-0.2, -0.15) is 13.2 Å². The number of hydrogen-bond acceptors (Lipinski definition) is 10. The Morgan fingerprint density at radius 1 is 1.06 bits per heavy atom. The third-order valence-electron chi connectivity index (χ3n) is 9.74. The Labute approximate surface area is 301 Å². The molecule has 4 amide bonds. The maximum atomic E-state index is 13.4. The number of nitrogens with one attached hydrogen (secondary N) is 2. The molecule has 3 aliphatic heterocycles. The molecule has 0 saturated carbocycles. The smallest absolute Gasteiger partial charge is 0.433 e. The number of amides is 4. The summed E-state index contributed by atoms with van der Waals surface area (Å²) in [5.74, 6) is -1.53. The molecular formula is C36H35F3N6O6S. The minimum absolute atomic E-state index is 0.0183. The van der Waals surface area contributed by atoms with Gasteiger partial charge in [-0.15, -0.1) is 12.6 Å². The van der Waals surface area contributed by atoms with Crippen LogP contribution < -0.4 is 10.6 Å². The van der Waals surface area contributed by atoms with E-state index in [0.29, 0.717) is 47.8 Å². The molecule has 0 bridgehead atoms. The van der Waals surface area contributed by atoms with Crippen LogP contribution in [0.15, 0.2) is 52.9 Å². The second-order valence-corrected chi connectivity index (χ2v) is 14.4. The van der Waals surface area contributed by atoms with Crippen LogP contribution in [-0.4, -0.2) is 67.6 Å². The van der Waals surface area contributed by atoms with E-state index in [1.165, 1.54) is 30.9 Å². The zero-order valence-electron chi connectivity index (χ0n) is 28.2. The fourth-order valence-electron chi connectivity index (χ4n) is 7.05. The van der Waals surface area contributed by atoms with Crippen LogP contribution in [0.5, 0.6) is 0 Å². The fourth-order valence-corrected chi connectivity index (χ4v) is 7.54. The van der Waals surface area contributed by atoms with E-state index in [1.54, 1.807) is 6.07 Å². The molecule has 2 atom stereocenters. The third kappa shape index (κ3) is 6.89. The Bertz CT molecular complexity index is 2110. The number of halogens is 3. The number of carbonyl (C=O) groups is 4. The highest BCUT2D eigenvalue weighted by atomic mass is 32.1. The number of hydrogen-bond donors (Lipinski definition) is 4. The molecule has 0 spiro atoms. The van der Waals surface area contributed by atoms with Crippen molar-refractivity contribution in [3.8, 4) is 0 Å². The number of alkyl halides is 3. The molecule has 7 rings (SSSR count). The number of anilines is 1. The Kier molecular flexibility index (Phi) is 9.11. The van der Waals surface area contributed by atoms with Crippen LogP contribution in [0.2, 0.25) is 0 Å². The standard InChI is InChI=1S/C36H35F3N6O6S/c1-35(2,50)22-15-25-27(16-24(22)41-30(47)23-4-3-5-28(40-23)36(37,38)39)51-32(42-25)19-10-12-44(13-11-19)17-18-6-7-20-21(14-18)33(49)45(34(20)52)26-8-9-29(46)43-31(26)48/h3-7,14-16,19,26,34,50,52H,8-13,17H2,1-2H3,(H,41,47)(H,43,46,48). The molecule has 0 aliphatic carbocycles. The number of likely N-dealkylation sites (tertiary alicyclic amines) is 1. The van der Waals surface area contributed by atoms with E-state index in [0.717, 1.165) is 36.1 Å². The van der Waals surface area contributed by atoms with E-state index >= 15 is 0 Å². The topological polar surface area (TPSA) is 158 Å². The van der Waals surface area contributed by atoms with Crippen molar-refractivity contribution < 1.29 is 41.9 Å². The second-order valence-electron chi connectivity index (χ2n) is 13.9. The molecule has 3 N–H and O–H groups in total. The maximum Gasteiger partial charge on any atom is 0.433 e. The van der Waals surface area contributed by atoms with Crippen molar-refractivity contribution in [2.24, 2.45) is 0 Å². The van der Waals surface area contributed by atoms with E-state index < -0.39 is 46.4 Å². The van der Waals surface area contributed by atoms with Gasteiger partial charge >= 0.3 is 6.18 Å². The molecular weight excluding hydrogens is 701 g/mol. The molecule has 52 heavy (non-hydrogen) atoms. The summed E-state index contributed by atoms with van der Waals surface area (Å²) in [6.07, 6.45) is -2.86. The first-order valence-corrected chi connectivity index (χ1v) is 17.3. The molecule has 12 nitrogen and oxygen atoms in total. The number of nitrogens with zero attached hydrogens (tertiary/aromatic N) is 4. The SMILES string of the molecule is CC(C)(O)c1cc2nc(C3CCN(Cc4ccc5c(c4)C(=O)N(C4CCC(=O)NC4=O)C5S)CC3)oc2cc1NC(=O)c1cccc(C(F)(F)F)n1. The average molecular weight is 737 g/mol. The van der Waals surface area contributed by atoms with Gasteiger partial charge in [0.15, 0.2) is 11.5 Å². The van der Waals surface area contributed by atoms with Gasteiger partial charge in [-0.3, -0.25) is 29.4 Å². The quantitative estimate of drug-likeness (QED) is 0.146. The Balaban J connectivity index is 1.03. The van der Waals surface area contributed by atoms with E-state index in [-0.39, 0.29) is 36.3 Å². The van der Waals surface area contributed by atoms with E-state index in [9.17, 15) is 37.5 Å². The molecule has 5 heterocycles. The Morgan fingerprint density at radius 2 is 1.81 bits per heavy atom. The number of rotatable bonds is 7. The maximum absolute atomic E-state index is 13.4. The average Bonchev–Trinajstić information content (AvgIpc) is 3.61. The van der Waals surface area contributed by atoms with Crippen molar-refractivity contribution in [2.45, 2.75) is 75.2 Å². The molecule has 3 aliphatic rings. The summed E-state index contributed by atoms with van der Waals surface area (Å²) in [5, 5.41) is 15.2. The molecule has 2 unspecified atom stereocenters. The van der Waals surface area contributed by atoms with E-state index in [1.807, 2.05) is 18.2 Å². The van der Waals surface area contributed by atoms with Gasteiger partial charge in [0.05, 0.1) is 11.3 Å². The molecule has 2 fully saturated rings. The summed E-state index contributed by atoms with van der Waals surface area (Å²) in [5.41, 5.74) is 0.329. The van der Waals surface area contributed by atoms with Crippen molar-refractivity contribution in [2.75, 3.05) is 18.4 Å². The summed E-state index contributed by atoms with van der Waals surface area (Å²) >= 11 is 4.64. The lowest BCUT2D eigenvalue weighted by Gasteiger charge is -2.32.